The Morgan fingerprint density at radius 1 is 1.15 bits per heavy atom. The fourth-order valence-corrected chi connectivity index (χ4v) is 4.68. The van der Waals surface area contributed by atoms with Crippen molar-refractivity contribution in [1.29, 1.82) is 0 Å². The van der Waals surface area contributed by atoms with Crippen molar-refractivity contribution >= 4 is 17.9 Å². The quantitative estimate of drug-likeness (QED) is 0.149. The average Bonchev–Trinajstić information content (AvgIpc) is 3.51. The molecule has 14 nitrogen and oxygen atoms in total. The first-order valence-corrected chi connectivity index (χ1v) is 14.3. The van der Waals surface area contributed by atoms with Gasteiger partial charge < -0.3 is 25.4 Å². The number of carbonyl (C=O) groups excluding carboxylic acids is 2. The zero-order chi connectivity index (χ0) is 34.5. The Morgan fingerprint density at radius 3 is 2.57 bits per heavy atom. The maximum atomic E-state index is 15.0. The van der Waals surface area contributed by atoms with Crippen molar-refractivity contribution in [3.63, 3.8) is 0 Å². The molecule has 3 heterocycles. The Labute approximate surface area is 267 Å². The molecule has 0 saturated heterocycles. The second kappa shape index (κ2) is 14.6. The van der Waals surface area contributed by atoms with Crippen LogP contribution in [0.3, 0.4) is 0 Å². The van der Waals surface area contributed by atoms with Gasteiger partial charge in [0.25, 0.3) is 6.33 Å². The normalized spacial score (nSPS) is 15.2. The van der Waals surface area contributed by atoms with E-state index in [0.29, 0.717) is 11.6 Å². The number of hydrogen-bond donors (Lipinski definition) is 3. The molecular formula is C30H34F3N8O6+. The smallest absolute Gasteiger partial charge is 0.418 e. The van der Waals surface area contributed by atoms with E-state index in [1.807, 2.05) is 0 Å². The standard InChI is InChI=1S/C30H34F3N8O6/c1-17(26-24(33)11-35-14-37-26)30(45,22-8-7-21(31)10-23(22)32)13-41-16-40(15-38-41)19(3)47-29(44)39(4)27-20(6-5-9-36-27)12-46-28(43)25(34)18(2)42/h5-11,14-19,25,42,45H,12-13,34H2,1-4H3/q+1/t17-,18+,19?,25-,30+/m0/s1. The summed E-state index contributed by atoms with van der Waals surface area (Å²) in [4.78, 5) is 38.0. The van der Waals surface area contributed by atoms with Crippen LogP contribution in [0.2, 0.25) is 0 Å². The van der Waals surface area contributed by atoms with E-state index in [0.717, 1.165) is 29.6 Å². The number of esters is 1. The van der Waals surface area contributed by atoms with Crippen LogP contribution < -0.4 is 15.2 Å². The van der Waals surface area contributed by atoms with Crippen LogP contribution in [0.4, 0.5) is 23.8 Å². The summed E-state index contributed by atoms with van der Waals surface area (Å²) in [6, 6.07) is 4.54. The van der Waals surface area contributed by atoms with Gasteiger partial charge in [-0.25, -0.2) is 32.9 Å². The summed E-state index contributed by atoms with van der Waals surface area (Å²) in [5, 5.41) is 25.6. The van der Waals surface area contributed by atoms with E-state index in [1.165, 1.54) is 55.9 Å². The minimum absolute atomic E-state index is 0.126. The number of benzene rings is 1. The number of carbonyl (C=O) groups is 2. The summed E-state index contributed by atoms with van der Waals surface area (Å²) in [7, 11) is 1.39. The highest BCUT2D eigenvalue weighted by atomic mass is 19.1. The van der Waals surface area contributed by atoms with Crippen LogP contribution in [0, 0.1) is 17.5 Å². The molecule has 4 N–H and O–H groups in total. The number of nitrogens with two attached hydrogens (primary N) is 1. The Bertz CT molecular complexity index is 1730. The number of hydrogen-bond acceptors (Lipinski definition) is 11. The lowest BCUT2D eigenvalue weighted by molar-refractivity contribution is -0.753. The Kier molecular flexibility index (Phi) is 10.8. The van der Waals surface area contributed by atoms with E-state index < -0.39 is 66.0 Å². The third-order valence-electron chi connectivity index (χ3n) is 7.54. The van der Waals surface area contributed by atoms with E-state index in [9.17, 15) is 28.6 Å². The lowest BCUT2D eigenvalue weighted by Gasteiger charge is -2.32. The second-order valence-corrected chi connectivity index (χ2v) is 10.8. The van der Waals surface area contributed by atoms with Gasteiger partial charge in [0.15, 0.2) is 5.82 Å². The highest BCUT2D eigenvalue weighted by Gasteiger charge is 2.44. The zero-order valence-corrected chi connectivity index (χ0v) is 25.9. The highest BCUT2D eigenvalue weighted by Crippen LogP contribution is 2.39. The molecule has 1 amide bonds. The van der Waals surface area contributed by atoms with Crippen LogP contribution in [0.15, 0.2) is 61.7 Å². The molecule has 3 aromatic heterocycles. The Morgan fingerprint density at radius 2 is 1.89 bits per heavy atom. The van der Waals surface area contributed by atoms with E-state index >= 15 is 4.39 Å². The van der Waals surface area contributed by atoms with Gasteiger partial charge in [0, 0.05) is 48.4 Å². The number of aliphatic hydroxyl groups excluding tert-OH is 1. The fraction of sp³-hybridized carbons (Fsp3) is 0.367. The third-order valence-corrected chi connectivity index (χ3v) is 7.54. The highest BCUT2D eigenvalue weighted by molar-refractivity contribution is 5.86. The van der Waals surface area contributed by atoms with Crippen LogP contribution >= 0.6 is 0 Å². The van der Waals surface area contributed by atoms with Crippen LogP contribution in [0.25, 0.3) is 0 Å². The number of anilines is 1. The van der Waals surface area contributed by atoms with Gasteiger partial charge in [0.05, 0.1) is 18.0 Å². The molecule has 0 aliphatic carbocycles. The molecular weight excluding hydrogens is 625 g/mol. The van der Waals surface area contributed by atoms with Gasteiger partial charge in [-0.15, -0.1) is 4.68 Å². The fourth-order valence-electron chi connectivity index (χ4n) is 4.68. The molecule has 1 unspecified atom stereocenters. The number of halogens is 3. The summed E-state index contributed by atoms with van der Waals surface area (Å²) in [5.41, 5.74) is 3.25. The van der Waals surface area contributed by atoms with Crippen LogP contribution in [0.5, 0.6) is 0 Å². The number of amides is 1. The summed E-state index contributed by atoms with van der Waals surface area (Å²) in [6.45, 7) is 3.58. The summed E-state index contributed by atoms with van der Waals surface area (Å²) in [6.07, 6.45) is 3.12. The first kappa shape index (κ1) is 34.9. The Hall–Kier alpha value is -5.00. The van der Waals surface area contributed by atoms with Crippen LogP contribution in [-0.4, -0.2) is 66.2 Å². The number of aromatic nitrogens is 6. The first-order valence-electron chi connectivity index (χ1n) is 14.3. The molecule has 1 aromatic carbocycles. The third kappa shape index (κ3) is 7.87. The minimum Gasteiger partial charge on any atom is -0.459 e. The van der Waals surface area contributed by atoms with Crippen molar-refractivity contribution in [1.82, 2.24) is 24.7 Å². The Balaban J connectivity index is 1.51. The predicted molar refractivity (Wildman–Crippen MR) is 156 cm³/mol. The topological polar surface area (TPSA) is 183 Å². The molecule has 17 heteroatoms. The largest absolute Gasteiger partial charge is 0.459 e. The van der Waals surface area contributed by atoms with E-state index in [2.05, 4.69) is 20.1 Å². The molecule has 0 aliphatic heterocycles. The summed E-state index contributed by atoms with van der Waals surface area (Å²) < 4.78 is 56.8. The lowest BCUT2D eigenvalue weighted by atomic mass is 9.79. The number of rotatable bonds is 12. The van der Waals surface area contributed by atoms with Gasteiger partial charge in [0.1, 0.15) is 48.6 Å². The van der Waals surface area contributed by atoms with Gasteiger partial charge in [-0.05, 0) is 19.1 Å². The van der Waals surface area contributed by atoms with Gasteiger partial charge in [-0.1, -0.05) is 19.1 Å². The molecule has 0 fully saturated rings. The van der Waals surface area contributed by atoms with Gasteiger partial charge >= 0.3 is 12.1 Å². The predicted octanol–water partition coefficient (Wildman–Crippen LogP) is 2.01. The van der Waals surface area contributed by atoms with Crippen molar-refractivity contribution in [3.8, 4) is 0 Å². The van der Waals surface area contributed by atoms with E-state index in [4.69, 9.17) is 15.2 Å². The molecule has 0 bridgehead atoms. The maximum Gasteiger partial charge on any atom is 0.418 e. The van der Waals surface area contributed by atoms with Gasteiger partial charge in [-0.2, -0.15) is 4.57 Å². The number of nitrogens with zero attached hydrogens (tertiary/aromatic N) is 7. The van der Waals surface area contributed by atoms with Gasteiger partial charge in [0.2, 0.25) is 12.6 Å². The van der Waals surface area contributed by atoms with Crippen molar-refractivity contribution in [2.24, 2.45) is 5.73 Å². The van der Waals surface area contributed by atoms with Crippen molar-refractivity contribution in [3.05, 3.63) is 96.0 Å². The first-order chi connectivity index (χ1) is 22.2. The molecule has 0 radical (unpaired) electrons. The molecule has 0 spiro atoms. The maximum absolute atomic E-state index is 15.0. The molecule has 0 aliphatic rings. The van der Waals surface area contributed by atoms with Crippen molar-refractivity contribution in [2.75, 3.05) is 11.9 Å². The second-order valence-electron chi connectivity index (χ2n) is 10.8. The SMILES string of the molecule is CC(OC(=O)N(C)c1ncccc1COC(=O)[C@@H](N)[C@@H](C)O)[n+]1cnn(C[C@](O)(c2ccc(F)cc2F)[C@@H](C)c2ncncc2F)c1. The molecule has 47 heavy (non-hydrogen) atoms. The van der Waals surface area contributed by atoms with E-state index in [1.54, 1.807) is 12.1 Å². The molecule has 250 valence electrons. The van der Waals surface area contributed by atoms with Gasteiger partial charge in [-0.3, -0.25) is 9.69 Å². The van der Waals surface area contributed by atoms with E-state index in [-0.39, 0.29) is 23.7 Å². The summed E-state index contributed by atoms with van der Waals surface area (Å²) in [5.74, 6) is -4.64. The number of aliphatic hydroxyl groups is 2. The molecule has 5 atom stereocenters. The van der Waals surface area contributed by atoms with Crippen LogP contribution in [0.1, 0.15) is 49.7 Å². The zero-order valence-electron chi connectivity index (χ0n) is 25.9. The van der Waals surface area contributed by atoms with Crippen molar-refractivity contribution in [2.45, 2.75) is 63.8 Å². The lowest BCUT2D eigenvalue weighted by Crippen LogP contribution is -2.42. The molecule has 4 aromatic rings. The molecule has 4 rings (SSSR count). The summed E-state index contributed by atoms with van der Waals surface area (Å²) >= 11 is 0. The van der Waals surface area contributed by atoms with Crippen LogP contribution in [-0.2, 0) is 33.0 Å². The molecule has 0 saturated carbocycles. The van der Waals surface area contributed by atoms with Crippen molar-refractivity contribution < 1.29 is 47.0 Å². The number of ether oxygens (including phenoxy) is 2. The minimum atomic E-state index is -2.19. The average molecular weight is 660 g/mol. The number of pyridine rings is 1. The monoisotopic (exact) mass is 659 g/mol.